The van der Waals surface area contributed by atoms with Crippen molar-refractivity contribution in [1.82, 2.24) is 5.32 Å². The molecule has 1 heterocycles. The van der Waals surface area contributed by atoms with E-state index in [2.05, 4.69) is 34.4 Å². The molecule has 0 atom stereocenters. The average Bonchev–Trinajstić information content (AvgIpc) is 2.61. The molecule has 1 N–H and O–H groups in total. The summed E-state index contributed by atoms with van der Waals surface area (Å²) in [4.78, 5) is 3.59. The standard InChI is InChI=1S/C19H20N2O/c1-20-19-5-3-2-4-18(19)16-8-6-15(7-9-16)14-22-17-10-12-21-13-11-17/h2-9,17,21H,10-14H2. The zero-order chi connectivity index (χ0) is 15.2. The quantitative estimate of drug-likeness (QED) is 0.856. The highest BCUT2D eigenvalue weighted by Gasteiger charge is 2.13. The summed E-state index contributed by atoms with van der Waals surface area (Å²) in [5, 5.41) is 3.35. The van der Waals surface area contributed by atoms with Crippen LogP contribution in [0, 0.1) is 6.57 Å². The molecular formula is C19H20N2O. The maximum Gasteiger partial charge on any atom is 0.194 e. The molecule has 0 bridgehead atoms. The second-order valence-electron chi connectivity index (χ2n) is 5.59. The molecule has 3 nitrogen and oxygen atoms in total. The van der Waals surface area contributed by atoms with Gasteiger partial charge in [-0.1, -0.05) is 48.5 Å². The summed E-state index contributed by atoms with van der Waals surface area (Å²) in [7, 11) is 0. The van der Waals surface area contributed by atoms with Crippen LogP contribution in [0.15, 0.2) is 48.5 Å². The summed E-state index contributed by atoms with van der Waals surface area (Å²) in [6, 6.07) is 16.1. The Kier molecular flexibility index (Phi) is 4.85. The van der Waals surface area contributed by atoms with E-state index in [4.69, 9.17) is 11.3 Å². The molecule has 1 saturated heterocycles. The van der Waals surface area contributed by atoms with Gasteiger partial charge in [0.25, 0.3) is 0 Å². The SMILES string of the molecule is [C-]#[N+]c1ccccc1-c1ccc(COC2CCNCC2)cc1. The Labute approximate surface area is 131 Å². The number of piperidine rings is 1. The van der Waals surface area contributed by atoms with Crippen LogP contribution >= 0.6 is 0 Å². The smallest absolute Gasteiger partial charge is 0.194 e. The van der Waals surface area contributed by atoms with E-state index >= 15 is 0 Å². The summed E-state index contributed by atoms with van der Waals surface area (Å²) >= 11 is 0. The molecule has 2 aromatic carbocycles. The van der Waals surface area contributed by atoms with Crippen LogP contribution in [0.3, 0.4) is 0 Å². The van der Waals surface area contributed by atoms with Crippen molar-refractivity contribution in [2.75, 3.05) is 13.1 Å². The van der Waals surface area contributed by atoms with Gasteiger partial charge in [0.15, 0.2) is 5.69 Å². The van der Waals surface area contributed by atoms with Crippen LogP contribution in [0.5, 0.6) is 0 Å². The van der Waals surface area contributed by atoms with Crippen molar-refractivity contribution in [3.8, 4) is 11.1 Å². The summed E-state index contributed by atoms with van der Waals surface area (Å²) in [5.74, 6) is 0. The molecule has 0 saturated carbocycles. The first-order chi connectivity index (χ1) is 10.9. The molecule has 0 spiro atoms. The Morgan fingerprint density at radius 2 is 1.77 bits per heavy atom. The van der Waals surface area contributed by atoms with Crippen molar-refractivity contribution in [2.24, 2.45) is 0 Å². The van der Waals surface area contributed by atoms with Crippen LogP contribution in [0.4, 0.5) is 5.69 Å². The lowest BCUT2D eigenvalue weighted by Crippen LogP contribution is -2.32. The second kappa shape index (κ2) is 7.22. The van der Waals surface area contributed by atoms with Gasteiger partial charge in [-0.25, -0.2) is 4.85 Å². The second-order valence-corrected chi connectivity index (χ2v) is 5.59. The van der Waals surface area contributed by atoms with Crippen LogP contribution in [0.2, 0.25) is 0 Å². The Morgan fingerprint density at radius 3 is 2.50 bits per heavy atom. The molecule has 1 fully saturated rings. The molecule has 112 valence electrons. The summed E-state index contributed by atoms with van der Waals surface area (Å²) in [5.41, 5.74) is 3.95. The molecule has 1 aliphatic heterocycles. The number of rotatable bonds is 4. The summed E-state index contributed by atoms with van der Waals surface area (Å²) < 4.78 is 5.97. The third-order valence-corrected chi connectivity index (χ3v) is 4.06. The highest BCUT2D eigenvalue weighted by molar-refractivity contribution is 5.78. The fourth-order valence-corrected chi connectivity index (χ4v) is 2.77. The van der Waals surface area contributed by atoms with E-state index in [9.17, 15) is 0 Å². The van der Waals surface area contributed by atoms with E-state index in [0.29, 0.717) is 18.4 Å². The molecular weight excluding hydrogens is 272 g/mol. The van der Waals surface area contributed by atoms with Crippen LogP contribution in [0.25, 0.3) is 16.0 Å². The van der Waals surface area contributed by atoms with E-state index in [0.717, 1.165) is 37.1 Å². The maximum absolute atomic E-state index is 7.26. The molecule has 1 aliphatic rings. The Balaban J connectivity index is 1.66. The molecule has 3 heteroatoms. The van der Waals surface area contributed by atoms with Crippen molar-refractivity contribution < 1.29 is 4.74 Å². The zero-order valence-electron chi connectivity index (χ0n) is 12.6. The summed E-state index contributed by atoms with van der Waals surface area (Å²) in [6.07, 6.45) is 2.57. The monoisotopic (exact) mass is 292 g/mol. The van der Waals surface area contributed by atoms with Crippen molar-refractivity contribution >= 4 is 5.69 Å². The number of ether oxygens (including phenoxy) is 1. The third kappa shape index (κ3) is 3.54. The lowest BCUT2D eigenvalue weighted by Gasteiger charge is -2.23. The molecule has 0 aromatic heterocycles. The molecule has 0 amide bonds. The lowest BCUT2D eigenvalue weighted by atomic mass is 10.0. The predicted octanol–water partition coefficient (Wildman–Crippen LogP) is 4.17. The van der Waals surface area contributed by atoms with E-state index in [1.54, 1.807) is 0 Å². The van der Waals surface area contributed by atoms with E-state index in [1.807, 2.05) is 24.3 Å². The molecule has 0 unspecified atom stereocenters. The van der Waals surface area contributed by atoms with Gasteiger partial charge in [0.2, 0.25) is 0 Å². The van der Waals surface area contributed by atoms with Crippen molar-refractivity contribution in [3.63, 3.8) is 0 Å². The van der Waals surface area contributed by atoms with Crippen LogP contribution in [0.1, 0.15) is 18.4 Å². The molecule has 22 heavy (non-hydrogen) atoms. The Hall–Kier alpha value is -2.15. The van der Waals surface area contributed by atoms with Gasteiger partial charge in [-0.05, 0) is 42.6 Å². The van der Waals surface area contributed by atoms with Crippen LogP contribution in [-0.2, 0) is 11.3 Å². The predicted molar refractivity (Wildman–Crippen MR) is 88.8 cm³/mol. The number of para-hydroxylation sites is 1. The highest BCUT2D eigenvalue weighted by Crippen LogP contribution is 2.30. The number of benzene rings is 2. The lowest BCUT2D eigenvalue weighted by molar-refractivity contribution is 0.0212. The van der Waals surface area contributed by atoms with Gasteiger partial charge < -0.3 is 10.1 Å². The van der Waals surface area contributed by atoms with Gasteiger partial charge in [-0.2, -0.15) is 0 Å². The minimum Gasteiger partial charge on any atom is -0.373 e. The third-order valence-electron chi connectivity index (χ3n) is 4.06. The first kappa shape index (κ1) is 14.8. The first-order valence-corrected chi connectivity index (χ1v) is 7.75. The largest absolute Gasteiger partial charge is 0.373 e. The summed E-state index contributed by atoms with van der Waals surface area (Å²) in [6.45, 7) is 10.0. The van der Waals surface area contributed by atoms with Gasteiger partial charge in [0.05, 0.1) is 19.3 Å². The zero-order valence-corrected chi connectivity index (χ0v) is 12.6. The number of hydrogen-bond acceptors (Lipinski definition) is 2. The normalized spacial score (nSPS) is 15.4. The van der Waals surface area contributed by atoms with Crippen LogP contribution in [-0.4, -0.2) is 19.2 Å². The van der Waals surface area contributed by atoms with Gasteiger partial charge in [0.1, 0.15) is 0 Å². The number of nitrogens with zero attached hydrogens (tertiary/aromatic N) is 1. The first-order valence-electron chi connectivity index (χ1n) is 7.75. The molecule has 2 aromatic rings. The fourth-order valence-electron chi connectivity index (χ4n) is 2.77. The maximum atomic E-state index is 7.26. The van der Waals surface area contributed by atoms with E-state index in [-0.39, 0.29) is 0 Å². The Bertz CT molecular complexity index is 652. The minimum atomic E-state index is 0.378. The fraction of sp³-hybridized carbons (Fsp3) is 0.316. The molecule has 3 rings (SSSR count). The number of nitrogens with one attached hydrogen (secondary N) is 1. The van der Waals surface area contributed by atoms with Crippen LogP contribution < -0.4 is 5.32 Å². The van der Waals surface area contributed by atoms with E-state index < -0.39 is 0 Å². The topological polar surface area (TPSA) is 25.6 Å². The van der Waals surface area contributed by atoms with Gasteiger partial charge in [0, 0.05) is 0 Å². The molecule has 0 radical (unpaired) electrons. The van der Waals surface area contributed by atoms with Crippen molar-refractivity contribution in [2.45, 2.75) is 25.6 Å². The minimum absolute atomic E-state index is 0.378. The van der Waals surface area contributed by atoms with Gasteiger partial charge >= 0.3 is 0 Å². The number of hydrogen-bond donors (Lipinski definition) is 1. The van der Waals surface area contributed by atoms with Crippen molar-refractivity contribution in [1.29, 1.82) is 0 Å². The van der Waals surface area contributed by atoms with E-state index in [1.165, 1.54) is 5.56 Å². The van der Waals surface area contributed by atoms with Gasteiger partial charge in [-0.3, -0.25) is 0 Å². The Morgan fingerprint density at radius 1 is 1.05 bits per heavy atom. The van der Waals surface area contributed by atoms with Gasteiger partial charge in [-0.15, -0.1) is 0 Å². The van der Waals surface area contributed by atoms with Crippen molar-refractivity contribution in [3.05, 3.63) is 65.5 Å². The molecule has 0 aliphatic carbocycles. The highest BCUT2D eigenvalue weighted by atomic mass is 16.5. The average molecular weight is 292 g/mol.